The number of ether oxygens (including phenoxy) is 1. The van der Waals surface area contributed by atoms with Crippen LogP contribution in [-0.4, -0.2) is 35.1 Å². The molecule has 0 aromatic heterocycles. The topological polar surface area (TPSA) is 119 Å². The van der Waals surface area contributed by atoms with E-state index in [2.05, 4.69) is 5.32 Å². The van der Waals surface area contributed by atoms with Gasteiger partial charge in [-0.2, -0.15) is 0 Å². The van der Waals surface area contributed by atoms with Crippen molar-refractivity contribution in [2.75, 3.05) is 7.11 Å². The number of rotatable bonds is 6. The van der Waals surface area contributed by atoms with E-state index >= 15 is 0 Å². The van der Waals surface area contributed by atoms with Crippen molar-refractivity contribution < 1.29 is 24.4 Å². The summed E-state index contributed by atoms with van der Waals surface area (Å²) >= 11 is 0. The van der Waals surface area contributed by atoms with Crippen molar-refractivity contribution in [2.45, 2.75) is 19.4 Å². The summed E-state index contributed by atoms with van der Waals surface area (Å²) in [4.78, 5) is 32.7. The summed E-state index contributed by atoms with van der Waals surface area (Å²) in [5.41, 5.74) is -0.343. The van der Waals surface area contributed by atoms with Crippen molar-refractivity contribution in [1.82, 2.24) is 5.32 Å². The number of carboxylic acids is 1. The molecule has 0 heterocycles. The van der Waals surface area contributed by atoms with Gasteiger partial charge in [0.15, 0.2) is 0 Å². The number of nitro benzene ring substituents is 1. The third-order valence-electron chi connectivity index (χ3n) is 2.50. The van der Waals surface area contributed by atoms with Gasteiger partial charge in [0, 0.05) is 12.1 Å². The summed E-state index contributed by atoms with van der Waals surface area (Å²) in [5.74, 6) is -1.83. The van der Waals surface area contributed by atoms with Crippen molar-refractivity contribution in [3.05, 3.63) is 33.9 Å². The number of benzene rings is 1. The molecule has 1 aromatic carbocycles. The van der Waals surface area contributed by atoms with Gasteiger partial charge in [-0.05, 0) is 13.0 Å². The molecule has 0 aliphatic heterocycles. The van der Waals surface area contributed by atoms with Crippen LogP contribution in [0.4, 0.5) is 5.69 Å². The number of nitrogens with zero attached hydrogens (tertiary/aromatic N) is 1. The van der Waals surface area contributed by atoms with Crippen LogP contribution in [0.2, 0.25) is 0 Å². The predicted molar refractivity (Wildman–Crippen MR) is 68.8 cm³/mol. The highest BCUT2D eigenvalue weighted by atomic mass is 16.6. The lowest BCUT2D eigenvalue weighted by molar-refractivity contribution is -0.385. The summed E-state index contributed by atoms with van der Waals surface area (Å²) < 4.78 is 4.90. The Morgan fingerprint density at radius 2 is 2.15 bits per heavy atom. The number of hydrogen-bond acceptors (Lipinski definition) is 5. The largest absolute Gasteiger partial charge is 0.490 e. The second-order valence-corrected chi connectivity index (χ2v) is 4.09. The molecule has 1 atom stereocenters. The molecule has 20 heavy (non-hydrogen) atoms. The SMILES string of the molecule is COc1c(C(=O)NC(C)CC(=O)O)cccc1[N+](=O)[O-]. The van der Waals surface area contributed by atoms with Crippen molar-refractivity contribution in [1.29, 1.82) is 0 Å². The van der Waals surface area contributed by atoms with Gasteiger partial charge in [0.1, 0.15) is 0 Å². The number of aliphatic carboxylic acids is 1. The van der Waals surface area contributed by atoms with Gasteiger partial charge in [-0.15, -0.1) is 0 Å². The van der Waals surface area contributed by atoms with Gasteiger partial charge in [-0.25, -0.2) is 0 Å². The van der Waals surface area contributed by atoms with Crippen molar-refractivity contribution in [2.24, 2.45) is 0 Å². The first-order valence-electron chi connectivity index (χ1n) is 5.70. The van der Waals surface area contributed by atoms with E-state index in [1.54, 1.807) is 0 Å². The Morgan fingerprint density at radius 1 is 1.50 bits per heavy atom. The Balaban J connectivity index is 3.01. The van der Waals surface area contributed by atoms with Crippen LogP contribution in [0.25, 0.3) is 0 Å². The summed E-state index contributed by atoms with van der Waals surface area (Å²) in [6, 6.07) is 3.34. The minimum Gasteiger partial charge on any atom is -0.490 e. The van der Waals surface area contributed by atoms with Crippen LogP contribution < -0.4 is 10.1 Å². The monoisotopic (exact) mass is 282 g/mol. The minimum absolute atomic E-state index is 0.0149. The second kappa shape index (κ2) is 6.50. The number of hydrogen-bond donors (Lipinski definition) is 2. The highest BCUT2D eigenvalue weighted by Gasteiger charge is 2.23. The van der Waals surface area contributed by atoms with Crippen LogP contribution in [-0.2, 0) is 4.79 Å². The van der Waals surface area contributed by atoms with Crippen LogP contribution >= 0.6 is 0 Å². The third-order valence-corrected chi connectivity index (χ3v) is 2.50. The molecule has 0 bridgehead atoms. The zero-order valence-electron chi connectivity index (χ0n) is 11.0. The molecule has 1 amide bonds. The molecule has 0 saturated heterocycles. The Kier molecular flexibility index (Phi) is 5.01. The molecule has 1 unspecified atom stereocenters. The maximum atomic E-state index is 12.0. The van der Waals surface area contributed by atoms with E-state index < -0.39 is 22.8 Å². The molecular formula is C12H14N2O6. The Hall–Kier alpha value is -2.64. The molecule has 0 aliphatic rings. The lowest BCUT2D eigenvalue weighted by Crippen LogP contribution is -2.34. The lowest BCUT2D eigenvalue weighted by Gasteiger charge is -2.13. The van der Waals surface area contributed by atoms with Gasteiger partial charge in [0.2, 0.25) is 5.75 Å². The molecule has 0 aliphatic carbocycles. The molecule has 1 rings (SSSR count). The van der Waals surface area contributed by atoms with Crippen molar-refractivity contribution in [3.8, 4) is 5.75 Å². The van der Waals surface area contributed by atoms with Gasteiger partial charge in [0.25, 0.3) is 5.91 Å². The van der Waals surface area contributed by atoms with Crippen LogP contribution in [0.1, 0.15) is 23.7 Å². The van der Waals surface area contributed by atoms with E-state index in [4.69, 9.17) is 9.84 Å². The van der Waals surface area contributed by atoms with E-state index in [9.17, 15) is 19.7 Å². The maximum absolute atomic E-state index is 12.0. The number of carbonyl (C=O) groups excluding carboxylic acids is 1. The molecule has 8 nitrogen and oxygen atoms in total. The minimum atomic E-state index is -1.05. The first-order valence-corrected chi connectivity index (χ1v) is 5.70. The zero-order chi connectivity index (χ0) is 15.3. The van der Waals surface area contributed by atoms with Gasteiger partial charge in [-0.3, -0.25) is 19.7 Å². The summed E-state index contributed by atoms with van der Waals surface area (Å²) in [5, 5.41) is 21.9. The lowest BCUT2D eigenvalue weighted by atomic mass is 10.1. The summed E-state index contributed by atoms with van der Waals surface area (Å²) in [6.07, 6.45) is -0.247. The average Bonchev–Trinajstić information content (AvgIpc) is 2.36. The zero-order valence-corrected chi connectivity index (χ0v) is 11.0. The predicted octanol–water partition coefficient (Wildman–Crippen LogP) is 1.20. The van der Waals surface area contributed by atoms with Gasteiger partial charge in [0.05, 0.1) is 24.0 Å². The van der Waals surface area contributed by atoms with Gasteiger partial charge >= 0.3 is 11.7 Å². The fourth-order valence-electron chi connectivity index (χ4n) is 1.68. The molecule has 108 valence electrons. The van der Waals surface area contributed by atoms with Crippen LogP contribution in [0.15, 0.2) is 18.2 Å². The van der Waals surface area contributed by atoms with Crippen molar-refractivity contribution in [3.63, 3.8) is 0 Å². The fourth-order valence-corrected chi connectivity index (χ4v) is 1.68. The van der Waals surface area contributed by atoms with Crippen molar-refractivity contribution >= 4 is 17.6 Å². The van der Waals surface area contributed by atoms with E-state index in [1.165, 1.54) is 32.2 Å². The number of methoxy groups -OCH3 is 1. The van der Waals surface area contributed by atoms with E-state index in [-0.39, 0.29) is 23.4 Å². The molecule has 1 aromatic rings. The fraction of sp³-hybridized carbons (Fsp3) is 0.333. The van der Waals surface area contributed by atoms with Gasteiger partial charge in [-0.1, -0.05) is 6.07 Å². The number of nitrogens with one attached hydrogen (secondary N) is 1. The van der Waals surface area contributed by atoms with Gasteiger partial charge < -0.3 is 15.2 Å². The van der Waals surface area contributed by atoms with Crippen LogP contribution in [0, 0.1) is 10.1 Å². The Bertz CT molecular complexity index is 543. The Morgan fingerprint density at radius 3 is 2.65 bits per heavy atom. The van der Waals surface area contributed by atoms with E-state index in [0.717, 1.165) is 0 Å². The number of nitro groups is 1. The highest BCUT2D eigenvalue weighted by Crippen LogP contribution is 2.30. The van der Waals surface area contributed by atoms with E-state index in [1.807, 2.05) is 0 Å². The van der Waals surface area contributed by atoms with E-state index in [0.29, 0.717) is 0 Å². The Labute approximate surface area is 114 Å². The number of para-hydroxylation sites is 1. The smallest absolute Gasteiger partial charge is 0.311 e. The molecular weight excluding hydrogens is 268 g/mol. The average molecular weight is 282 g/mol. The number of carbonyl (C=O) groups is 2. The standard InChI is InChI=1S/C12H14N2O6/c1-7(6-10(15)16)13-12(17)8-4-3-5-9(14(18)19)11(8)20-2/h3-5,7H,6H2,1-2H3,(H,13,17)(H,15,16). The number of amides is 1. The molecule has 8 heteroatoms. The third kappa shape index (κ3) is 3.67. The normalized spacial score (nSPS) is 11.5. The molecule has 0 saturated carbocycles. The molecule has 0 fully saturated rings. The second-order valence-electron chi connectivity index (χ2n) is 4.09. The highest BCUT2D eigenvalue weighted by molar-refractivity contribution is 5.98. The van der Waals surface area contributed by atoms with Crippen LogP contribution in [0.3, 0.4) is 0 Å². The quantitative estimate of drug-likeness (QED) is 0.597. The maximum Gasteiger partial charge on any atom is 0.311 e. The van der Waals surface area contributed by atoms with Crippen LogP contribution in [0.5, 0.6) is 5.75 Å². The molecule has 0 radical (unpaired) electrons. The first-order chi connectivity index (χ1) is 9.36. The summed E-state index contributed by atoms with van der Waals surface area (Å²) in [7, 11) is 1.22. The number of carboxylic acid groups (broad SMARTS) is 1. The molecule has 0 spiro atoms. The first kappa shape index (κ1) is 15.4. The molecule has 2 N–H and O–H groups in total. The summed E-state index contributed by atoms with van der Waals surface area (Å²) in [6.45, 7) is 1.52.